The van der Waals surface area contributed by atoms with Gasteiger partial charge >= 0.3 is 0 Å². The first kappa shape index (κ1) is 11.2. The molecule has 1 aromatic carbocycles. The maximum atomic E-state index is 3.45. The average molecular weight is 216 g/mol. The van der Waals surface area contributed by atoms with Gasteiger partial charge in [-0.1, -0.05) is 25.1 Å². The zero-order valence-electron chi connectivity index (χ0n) is 10.2. The maximum Gasteiger partial charge on any atom is 0.0480 e. The highest BCUT2D eigenvalue weighted by atomic mass is 14.9. The third kappa shape index (κ3) is 2.27. The molecule has 0 unspecified atom stereocenters. The van der Waals surface area contributed by atoms with Crippen molar-refractivity contribution in [2.45, 2.75) is 19.8 Å². The lowest BCUT2D eigenvalue weighted by Crippen LogP contribution is -2.17. The van der Waals surface area contributed by atoms with Crippen molar-refractivity contribution in [2.75, 3.05) is 13.1 Å². The van der Waals surface area contributed by atoms with Crippen molar-refractivity contribution in [1.82, 2.24) is 9.88 Å². The van der Waals surface area contributed by atoms with Gasteiger partial charge in [-0.3, -0.25) is 0 Å². The number of hydrogen-bond acceptors (Lipinski definition) is 1. The zero-order chi connectivity index (χ0) is 11.4. The lowest BCUT2D eigenvalue weighted by Gasteiger charge is -2.01. The van der Waals surface area contributed by atoms with Gasteiger partial charge < -0.3 is 9.88 Å². The van der Waals surface area contributed by atoms with Crippen LogP contribution in [0.3, 0.4) is 0 Å². The SMILES string of the molecule is CCCNCCc1cn(C)c2ccccc12. The van der Waals surface area contributed by atoms with E-state index in [1.807, 2.05) is 0 Å². The second-order valence-corrected chi connectivity index (χ2v) is 4.28. The maximum absolute atomic E-state index is 3.45. The van der Waals surface area contributed by atoms with Gasteiger partial charge in [0.25, 0.3) is 0 Å². The van der Waals surface area contributed by atoms with Gasteiger partial charge in [-0.15, -0.1) is 0 Å². The molecule has 1 aromatic heterocycles. The van der Waals surface area contributed by atoms with Crippen LogP contribution in [0, 0.1) is 0 Å². The van der Waals surface area contributed by atoms with Gasteiger partial charge in [-0.05, 0) is 37.6 Å². The molecule has 0 aliphatic carbocycles. The molecule has 2 nitrogen and oxygen atoms in total. The van der Waals surface area contributed by atoms with Crippen LogP contribution >= 0.6 is 0 Å². The van der Waals surface area contributed by atoms with E-state index < -0.39 is 0 Å². The predicted molar refractivity (Wildman–Crippen MR) is 69.8 cm³/mol. The Balaban J connectivity index is 2.12. The first-order chi connectivity index (χ1) is 7.83. The molecule has 2 rings (SSSR count). The minimum absolute atomic E-state index is 1.07. The fraction of sp³-hybridized carbons (Fsp3) is 0.429. The highest BCUT2D eigenvalue weighted by Gasteiger charge is 2.04. The number of rotatable bonds is 5. The molecular weight excluding hydrogens is 196 g/mol. The molecule has 1 N–H and O–H groups in total. The summed E-state index contributed by atoms with van der Waals surface area (Å²) in [5, 5.41) is 4.84. The quantitative estimate of drug-likeness (QED) is 0.760. The predicted octanol–water partition coefficient (Wildman–Crippen LogP) is 2.72. The van der Waals surface area contributed by atoms with Crippen LogP contribution in [0.25, 0.3) is 10.9 Å². The molecule has 0 saturated carbocycles. The highest BCUT2D eigenvalue weighted by Crippen LogP contribution is 2.20. The molecule has 16 heavy (non-hydrogen) atoms. The normalized spacial score (nSPS) is 11.1. The summed E-state index contributed by atoms with van der Waals surface area (Å²) in [7, 11) is 2.12. The number of nitrogens with one attached hydrogen (secondary N) is 1. The van der Waals surface area contributed by atoms with E-state index in [-0.39, 0.29) is 0 Å². The van der Waals surface area contributed by atoms with Gasteiger partial charge in [-0.25, -0.2) is 0 Å². The van der Waals surface area contributed by atoms with E-state index in [0.717, 1.165) is 19.5 Å². The molecule has 86 valence electrons. The topological polar surface area (TPSA) is 17.0 Å². The molecule has 0 fully saturated rings. The molecule has 0 radical (unpaired) electrons. The number of benzene rings is 1. The van der Waals surface area contributed by atoms with Crippen molar-refractivity contribution < 1.29 is 0 Å². The minimum atomic E-state index is 1.07. The number of fused-ring (bicyclic) bond motifs is 1. The van der Waals surface area contributed by atoms with Crippen LogP contribution < -0.4 is 5.32 Å². The van der Waals surface area contributed by atoms with Crippen molar-refractivity contribution in [1.29, 1.82) is 0 Å². The molecule has 0 aliphatic rings. The van der Waals surface area contributed by atoms with E-state index in [1.54, 1.807) is 0 Å². The number of para-hydroxylation sites is 1. The van der Waals surface area contributed by atoms with Crippen molar-refractivity contribution in [3.8, 4) is 0 Å². The van der Waals surface area contributed by atoms with Gasteiger partial charge in [0.2, 0.25) is 0 Å². The standard InChI is InChI=1S/C14H20N2/c1-3-9-15-10-8-12-11-16(2)14-7-5-4-6-13(12)14/h4-7,11,15H,3,8-10H2,1-2H3. The monoisotopic (exact) mass is 216 g/mol. The van der Waals surface area contributed by atoms with Gasteiger partial charge in [-0.2, -0.15) is 0 Å². The lowest BCUT2D eigenvalue weighted by molar-refractivity contribution is 0.672. The van der Waals surface area contributed by atoms with E-state index in [2.05, 4.69) is 54.3 Å². The summed E-state index contributed by atoms with van der Waals surface area (Å²) in [5.74, 6) is 0. The van der Waals surface area contributed by atoms with Crippen LogP contribution in [-0.2, 0) is 13.5 Å². The van der Waals surface area contributed by atoms with Gasteiger partial charge in [0.05, 0.1) is 0 Å². The number of hydrogen-bond donors (Lipinski definition) is 1. The summed E-state index contributed by atoms with van der Waals surface area (Å²) in [6, 6.07) is 8.61. The summed E-state index contributed by atoms with van der Waals surface area (Å²) < 4.78 is 2.21. The van der Waals surface area contributed by atoms with E-state index in [1.165, 1.54) is 22.9 Å². The van der Waals surface area contributed by atoms with Gasteiger partial charge in [0, 0.05) is 24.1 Å². The first-order valence-corrected chi connectivity index (χ1v) is 6.06. The molecule has 0 aliphatic heterocycles. The Labute approximate surface area is 97.3 Å². The summed E-state index contributed by atoms with van der Waals surface area (Å²) in [4.78, 5) is 0. The van der Waals surface area contributed by atoms with E-state index in [4.69, 9.17) is 0 Å². The third-order valence-corrected chi connectivity index (χ3v) is 2.98. The van der Waals surface area contributed by atoms with Crippen LogP contribution in [0.1, 0.15) is 18.9 Å². The Bertz CT molecular complexity index is 457. The largest absolute Gasteiger partial charge is 0.350 e. The Morgan fingerprint density at radius 3 is 2.81 bits per heavy atom. The van der Waals surface area contributed by atoms with Crippen molar-refractivity contribution in [3.05, 3.63) is 36.0 Å². The summed E-state index contributed by atoms with van der Waals surface area (Å²) >= 11 is 0. The fourth-order valence-corrected chi connectivity index (χ4v) is 2.15. The molecule has 0 amide bonds. The Hall–Kier alpha value is -1.28. The van der Waals surface area contributed by atoms with Gasteiger partial charge in [0.15, 0.2) is 0 Å². The minimum Gasteiger partial charge on any atom is -0.350 e. The zero-order valence-corrected chi connectivity index (χ0v) is 10.2. The highest BCUT2D eigenvalue weighted by molar-refractivity contribution is 5.83. The van der Waals surface area contributed by atoms with Crippen LogP contribution in [0.4, 0.5) is 0 Å². The summed E-state index contributed by atoms with van der Waals surface area (Å²) in [5.41, 5.74) is 2.77. The van der Waals surface area contributed by atoms with E-state index in [9.17, 15) is 0 Å². The molecule has 0 atom stereocenters. The Morgan fingerprint density at radius 2 is 2.00 bits per heavy atom. The van der Waals surface area contributed by atoms with Crippen molar-refractivity contribution in [2.24, 2.45) is 7.05 Å². The van der Waals surface area contributed by atoms with Crippen LogP contribution in [0.2, 0.25) is 0 Å². The third-order valence-electron chi connectivity index (χ3n) is 2.98. The summed E-state index contributed by atoms with van der Waals surface area (Å²) in [6.07, 6.45) is 4.56. The molecule has 2 heteroatoms. The van der Waals surface area contributed by atoms with Crippen LogP contribution in [0.5, 0.6) is 0 Å². The molecular formula is C14H20N2. The molecule has 2 aromatic rings. The molecule has 1 heterocycles. The van der Waals surface area contributed by atoms with E-state index in [0.29, 0.717) is 0 Å². The lowest BCUT2D eigenvalue weighted by atomic mass is 10.1. The second-order valence-electron chi connectivity index (χ2n) is 4.28. The number of aromatic nitrogens is 1. The smallest absolute Gasteiger partial charge is 0.0480 e. The molecule has 0 spiro atoms. The average Bonchev–Trinajstić information content (AvgIpc) is 2.63. The van der Waals surface area contributed by atoms with Crippen LogP contribution in [-0.4, -0.2) is 17.7 Å². The fourth-order valence-electron chi connectivity index (χ4n) is 2.15. The van der Waals surface area contributed by atoms with Crippen molar-refractivity contribution >= 4 is 10.9 Å². The number of nitrogens with zero attached hydrogens (tertiary/aromatic N) is 1. The first-order valence-electron chi connectivity index (χ1n) is 6.06. The second kappa shape index (κ2) is 5.17. The summed E-state index contributed by atoms with van der Waals surface area (Å²) in [6.45, 7) is 4.39. The van der Waals surface area contributed by atoms with Gasteiger partial charge in [0.1, 0.15) is 0 Å². The Morgan fingerprint density at radius 1 is 1.19 bits per heavy atom. The Kier molecular flexibility index (Phi) is 3.62. The van der Waals surface area contributed by atoms with E-state index >= 15 is 0 Å². The molecule has 0 bridgehead atoms. The van der Waals surface area contributed by atoms with Crippen molar-refractivity contribution in [3.63, 3.8) is 0 Å². The number of aryl methyl sites for hydroxylation is 1. The van der Waals surface area contributed by atoms with Crippen LogP contribution in [0.15, 0.2) is 30.5 Å². The molecule has 0 saturated heterocycles.